The summed E-state index contributed by atoms with van der Waals surface area (Å²) in [5.41, 5.74) is 0. The standard InChI is InChI=1S/C18H24N2O2/c1-19-8-10-20(11-9-19)13-17(21)14-22-18-7-6-15-4-2-3-5-16(15)12-18/h2-7,12,17,21H,8-11,13-14H2,1H3/p+2/t17-/m1/s1. The molecule has 1 atom stereocenters. The van der Waals surface area contributed by atoms with Crippen LogP contribution in [0, 0.1) is 0 Å². The molecule has 1 heterocycles. The van der Waals surface area contributed by atoms with Crippen LogP contribution in [0.4, 0.5) is 0 Å². The first-order valence-electron chi connectivity index (χ1n) is 8.15. The summed E-state index contributed by atoms with van der Waals surface area (Å²) in [4.78, 5) is 3.07. The first-order valence-corrected chi connectivity index (χ1v) is 8.15. The van der Waals surface area contributed by atoms with Crippen molar-refractivity contribution in [1.82, 2.24) is 0 Å². The third-order valence-electron chi connectivity index (χ3n) is 4.50. The van der Waals surface area contributed by atoms with Gasteiger partial charge in [-0.05, 0) is 22.9 Å². The Hall–Kier alpha value is -1.62. The number of likely N-dealkylation sites (N-methyl/N-ethyl adjacent to an activating group) is 1. The number of nitrogens with one attached hydrogen (secondary N) is 2. The van der Waals surface area contributed by atoms with E-state index in [9.17, 15) is 5.11 Å². The molecule has 1 aliphatic heterocycles. The average molecular weight is 302 g/mol. The molecular weight excluding hydrogens is 276 g/mol. The Kier molecular flexibility index (Phi) is 4.93. The highest BCUT2D eigenvalue weighted by atomic mass is 16.5. The van der Waals surface area contributed by atoms with Crippen LogP contribution in [0.3, 0.4) is 0 Å². The molecule has 0 radical (unpaired) electrons. The molecule has 1 aliphatic rings. The van der Waals surface area contributed by atoms with Gasteiger partial charge in [-0.1, -0.05) is 30.3 Å². The summed E-state index contributed by atoms with van der Waals surface area (Å²) in [5.74, 6) is 0.829. The van der Waals surface area contributed by atoms with Crippen molar-refractivity contribution in [2.45, 2.75) is 6.10 Å². The highest BCUT2D eigenvalue weighted by Gasteiger charge is 2.22. The Morgan fingerprint density at radius 1 is 1.05 bits per heavy atom. The third-order valence-corrected chi connectivity index (χ3v) is 4.50. The Labute approximate surface area is 131 Å². The van der Waals surface area contributed by atoms with E-state index < -0.39 is 6.10 Å². The van der Waals surface area contributed by atoms with Crippen LogP contribution in [-0.2, 0) is 0 Å². The van der Waals surface area contributed by atoms with Crippen LogP contribution in [0.25, 0.3) is 10.8 Å². The maximum Gasteiger partial charge on any atom is 0.137 e. The molecule has 0 aromatic heterocycles. The summed E-state index contributed by atoms with van der Waals surface area (Å²) in [6, 6.07) is 14.3. The molecule has 2 aromatic carbocycles. The van der Waals surface area contributed by atoms with Crippen LogP contribution in [0.15, 0.2) is 42.5 Å². The summed E-state index contributed by atoms with van der Waals surface area (Å²) in [5, 5.41) is 12.6. The Morgan fingerprint density at radius 2 is 1.77 bits per heavy atom. The maximum absolute atomic E-state index is 10.2. The Balaban J connectivity index is 1.50. The summed E-state index contributed by atoms with van der Waals surface area (Å²) in [7, 11) is 2.23. The van der Waals surface area contributed by atoms with Gasteiger partial charge in [0, 0.05) is 0 Å². The molecular formula is C18H26N2O2+2. The lowest BCUT2D eigenvalue weighted by Crippen LogP contribution is -3.27. The van der Waals surface area contributed by atoms with Crippen molar-refractivity contribution in [2.75, 3.05) is 46.4 Å². The van der Waals surface area contributed by atoms with Crippen molar-refractivity contribution in [2.24, 2.45) is 0 Å². The number of fused-ring (bicyclic) bond motifs is 1. The molecule has 0 saturated carbocycles. The number of aliphatic hydroxyl groups is 1. The number of benzene rings is 2. The van der Waals surface area contributed by atoms with E-state index in [4.69, 9.17) is 4.74 Å². The number of piperazine rings is 1. The van der Waals surface area contributed by atoms with Gasteiger partial charge in [0.1, 0.15) is 51.2 Å². The molecule has 4 nitrogen and oxygen atoms in total. The second-order valence-electron chi connectivity index (χ2n) is 6.39. The van der Waals surface area contributed by atoms with Crippen LogP contribution in [0.5, 0.6) is 5.75 Å². The first-order chi connectivity index (χ1) is 10.7. The molecule has 2 aromatic rings. The molecule has 22 heavy (non-hydrogen) atoms. The quantitative estimate of drug-likeness (QED) is 0.662. The van der Waals surface area contributed by atoms with Gasteiger partial charge in [0.2, 0.25) is 0 Å². The van der Waals surface area contributed by atoms with E-state index in [0.717, 1.165) is 25.4 Å². The van der Waals surface area contributed by atoms with Gasteiger partial charge < -0.3 is 19.6 Å². The van der Waals surface area contributed by atoms with Gasteiger partial charge in [0.25, 0.3) is 0 Å². The fraction of sp³-hybridized carbons (Fsp3) is 0.444. The number of hydrogen-bond acceptors (Lipinski definition) is 2. The molecule has 0 spiro atoms. The number of ether oxygens (including phenoxy) is 1. The summed E-state index contributed by atoms with van der Waals surface area (Å²) in [6.45, 7) is 5.80. The molecule has 0 amide bonds. The predicted molar refractivity (Wildman–Crippen MR) is 87.6 cm³/mol. The van der Waals surface area contributed by atoms with E-state index in [-0.39, 0.29) is 0 Å². The van der Waals surface area contributed by atoms with Crippen molar-refractivity contribution in [3.63, 3.8) is 0 Å². The van der Waals surface area contributed by atoms with Crippen molar-refractivity contribution in [3.05, 3.63) is 42.5 Å². The molecule has 3 N–H and O–H groups in total. The van der Waals surface area contributed by atoms with Gasteiger partial charge in [0.05, 0.1) is 7.05 Å². The second-order valence-corrected chi connectivity index (χ2v) is 6.39. The number of hydrogen-bond donors (Lipinski definition) is 3. The minimum Gasteiger partial charge on any atom is -0.491 e. The lowest BCUT2D eigenvalue weighted by molar-refractivity contribution is -1.00. The summed E-state index contributed by atoms with van der Waals surface area (Å²) < 4.78 is 5.77. The SMILES string of the molecule is C[NH+]1CC[NH+](C[C@@H](O)COc2ccc3ccccc3c2)CC1. The monoisotopic (exact) mass is 302 g/mol. The van der Waals surface area contributed by atoms with Crippen molar-refractivity contribution in [3.8, 4) is 5.75 Å². The lowest BCUT2D eigenvalue weighted by Gasteiger charge is -2.28. The molecule has 1 saturated heterocycles. The minimum absolute atomic E-state index is 0.366. The average Bonchev–Trinajstić information content (AvgIpc) is 2.55. The van der Waals surface area contributed by atoms with Crippen molar-refractivity contribution in [1.29, 1.82) is 0 Å². The molecule has 3 rings (SSSR count). The maximum atomic E-state index is 10.2. The number of aliphatic hydroxyl groups excluding tert-OH is 1. The minimum atomic E-state index is -0.403. The van der Waals surface area contributed by atoms with Gasteiger partial charge in [-0.2, -0.15) is 0 Å². The van der Waals surface area contributed by atoms with Gasteiger partial charge in [-0.3, -0.25) is 0 Å². The summed E-state index contributed by atoms with van der Waals surface area (Å²) in [6.07, 6.45) is -0.403. The second kappa shape index (κ2) is 7.09. The van der Waals surface area contributed by atoms with Crippen molar-refractivity contribution >= 4 is 10.8 Å². The zero-order chi connectivity index (χ0) is 15.4. The fourth-order valence-electron chi connectivity index (χ4n) is 3.08. The third kappa shape index (κ3) is 3.97. The van der Waals surface area contributed by atoms with E-state index >= 15 is 0 Å². The Bertz CT molecular complexity index is 609. The molecule has 0 bridgehead atoms. The lowest BCUT2D eigenvalue weighted by atomic mass is 10.1. The van der Waals surface area contributed by atoms with Crippen LogP contribution >= 0.6 is 0 Å². The zero-order valence-electron chi connectivity index (χ0n) is 13.2. The highest BCUT2D eigenvalue weighted by molar-refractivity contribution is 5.83. The number of rotatable bonds is 5. The van der Waals surface area contributed by atoms with Crippen LogP contribution < -0.4 is 14.5 Å². The highest BCUT2D eigenvalue weighted by Crippen LogP contribution is 2.20. The first kappa shape index (κ1) is 15.3. The topological polar surface area (TPSA) is 38.3 Å². The molecule has 4 heteroatoms. The van der Waals surface area contributed by atoms with Crippen LogP contribution in [0.2, 0.25) is 0 Å². The molecule has 0 unspecified atom stereocenters. The van der Waals surface area contributed by atoms with Crippen molar-refractivity contribution < 1.29 is 19.6 Å². The van der Waals surface area contributed by atoms with Gasteiger partial charge in [0.15, 0.2) is 0 Å². The van der Waals surface area contributed by atoms with E-state index in [0.29, 0.717) is 6.61 Å². The number of quaternary nitrogens is 2. The van der Waals surface area contributed by atoms with E-state index in [1.165, 1.54) is 28.8 Å². The molecule has 0 aliphatic carbocycles. The zero-order valence-corrected chi connectivity index (χ0v) is 13.2. The molecule has 118 valence electrons. The van der Waals surface area contributed by atoms with Gasteiger partial charge >= 0.3 is 0 Å². The Morgan fingerprint density at radius 3 is 2.55 bits per heavy atom. The largest absolute Gasteiger partial charge is 0.491 e. The van der Waals surface area contributed by atoms with E-state index in [2.05, 4.69) is 25.2 Å². The molecule has 1 fully saturated rings. The van der Waals surface area contributed by atoms with Crippen LogP contribution in [0.1, 0.15) is 0 Å². The van der Waals surface area contributed by atoms with E-state index in [1.807, 2.05) is 24.3 Å². The smallest absolute Gasteiger partial charge is 0.137 e. The van der Waals surface area contributed by atoms with Gasteiger partial charge in [-0.15, -0.1) is 0 Å². The predicted octanol–water partition coefficient (Wildman–Crippen LogP) is -1.01. The summed E-state index contributed by atoms with van der Waals surface area (Å²) >= 11 is 0. The van der Waals surface area contributed by atoms with E-state index in [1.54, 1.807) is 4.90 Å². The normalized spacial score (nSPS) is 23.4. The fourth-order valence-corrected chi connectivity index (χ4v) is 3.08. The van der Waals surface area contributed by atoms with Gasteiger partial charge in [-0.25, -0.2) is 0 Å². The van der Waals surface area contributed by atoms with Crippen LogP contribution in [-0.4, -0.2) is 57.6 Å².